The van der Waals surface area contributed by atoms with Gasteiger partial charge in [-0.25, -0.2) is 0 Å². The van der Waals surface area contributed by atoms with Crippen molar-refractivity contribution in [2.24, 2.45) is 0 Å². The first-order valence-corrected chi connectivity index (χ1v) is 10.0. The van der Waals surface area contributed by atoms with E-state index in [0.717, 1.165) is 53.9 Å². The van der Waals surface area contributed by atoms with Crippen molar-refractivity contribution < 1.29 is 13.9 Å². The molecule has 1 N–H and O–H groups in total. The summed E-state index contributed by atoms with van der Waals surface area (Å²) in [6.45, 7) is 7.55. The molecule has 2 aromatic heterocycles. The van der Waals surface area contributed by atoms with E-state index >= 15 is 0 Å². The number of rotatable bonds is 4. The lowest BCUT2D eigenvalue weighted by atomic mass is 10.0. The smallest absolute Gasteiger partial charge is 0.255 e. The van der Waals surface area contributed by atoms with Crippen LogP contribution in [0, 0.1) is 20.8 Å². The van der Waals surface area contributed by atoms with E-state index in [-0.39, 0.29) is 11.9 Å². The van der Waals surface area contributed by atoms with E-state index in [4.69, 9.17) is 9.15 Å². The van der Waals surface area contributed by atoms with Gasteiger partial charge in [-0.2, -0.15) is 0 Å². The van der Waals surface area contributed by atoms with E-state index in [9.17, 15) is 4.79 Å². The molecule has 152 valence electrons. The van der Waals surface area contributed by atoms with Crippen LogP contribution in [0.25, 0.3) is 10.9 Å². The number of carbonyl (C=O) groups is 1. The molecule has 0 unspecified atom stereocenters. The van der Waals surface area contributed by atoms with Crippen molar-refractivity contribution in [3.8, 4) is 5.75 Å². The number of amides is 1. The van der Waals surface area contributed by atoms with Crippen LogP contribution in [0.1, 0.15) is 40.3 Å². The monoisotopic (exact) mass is 393 g/mol. The van der Waals surface area contributed by atoms with Gasteiger partial charge in [0.2, 0.25) is 0 Å². The van der Waals surface area contributed by atoms with Gasteiger partial charge in [0.25, 0.3) is 5.91 Å². The normalized spacial score (nSPS) is 15.0. The summed E-state index contributed by atoms with van der Waals surface area (Å²) >= 11 is 0. The second-order valence-corrected chi connectivity index (χ2v) is 7.71. The molecule has 0 bridgehead atoms. The first kappa shape index (κ1) is 19.3. The van der Waals surface area contributed by atoms with Crippen molar-refractivity contribution >= 4 is 22.5 Å². The van der Waals surface area contributed by atoms with E-state index in [0.29, 0.717) is 11.3 Å². The standard InChI is InChI=1S/C23H27N3O3/c1-14-13-24-21-18(6-5-7-20(21)28-4)22(14)26-10-8-17(9-11-26)25-23(27)19-12-15(2)29-16(19)3/h5-7,12-13,17H,8-11H2,1-4H3,(H,25,27). The maximum atomic E-state index is 12.6. The Morgan fingerprint density at radius 3 is 2.66 bits per heavy atom. The lowest BCUT2D eigenvalue weighted by molar-refractivity contribution is 0.0929. The number of benzene rings is 1. The van der Waals surface area contributed by atoms with Crippen LogP contribution in [0.5, 0.6) is 5.75 Å². The van der Waals surface area contributed by atoms with Crippen LogP contribution in [0.2, 0.25) is 0 Å². The Bertz CT molecular complexity index is 1050. The van der Waals surface area contributed by atoms with Crippen LogP contribution in [0.15, 0.2) is 34.9 Å². The number of hydrogen-bond acceptors (Lipinski definition) is 5. The van der Waals surface area contributed by atoms with Gasteiger partial charge in [-0.15, -0.1) is 0 Å². The molecule has 1 aromatic carbocycles. The van der Waals surface area contributed by atoms with Crippen molar-refractivity contribution in [3.05, 3.63) is 53.1 Å². The molecule has 1 amide bonds. The van der Waals surface area contributed by atoms with Gasteiger partial charge >= 0.3 is 0 Å². The van der Waals surface area contributed by atoms with Crippen molar-refractivity contribution in [3.63, 3.8) is 0 Å². The molecule has 0 aliphatic carbocycles. The number of piperidine rings is 1. The lowest BCUT2D eigenvalue weighted by Gasteiger charge is -2.35. The highest BCUT2D eigenvalue weighted by molar-refractivity contribution is 5.97. The van der Waals surface area contributed by atoms with Gasteiger partial charge in [-0.1, -0.05) is 12.1 Å². The molecule has 1 aliphatic heterocycles. The highest BCUT2D eigenvalue weighted by Gasteiger charge is 2.25. The topological polar surface area (TPSA) is 67.6 Å². The van der Waals surface area contributed by atoms with Gasteiger partial charge < -0.3 is 19.4 Å². The molecular formula is C23H27N3O3. The third-order valence-electron chi connectivity index (χ3n) is 5.67. The van der Waals surface area contributed by atoms with Crippen LogP contribution < -0.4 is 15.0 Å². The summed E-state index contributed by atoms with van der Waals surface area (Å²) in [7, 11) is 1.67. The predicted octanol–water partition coefficient (Wildman–Crippen LogP) is 4.16. The number of fused-ring (bicyclic) bond motifs is 1. The van der Waals surface area contributed by atoms with Crippen LogP contribution >= 0.6 is 0 Å². The zero-order valence-corrected chi connectivity index (χ0v) is 17.4. The third-order valence-corrected chi connectivity index (χ3v) is 5.67. The Labute approximate surface area is 170 Å². The number of anilines is 1. The number of methoxy groups -OCH3 is 1. The molecule has 3 aromatic rings. The van der Waals surface area contributed by atoms with Crippen molar-refractivity contribution in [2.45, 2.75) is 39.7 Å². The van der Waals surface area contributed by atoms with E-state index < -0.39 is 0 Å². The summed E-state index contributed by atoms with van der Waals surface area (Å²) in [6.07, 6.45) is 3.71. The van der Waals surface area contributed by atoms with Crippen LogP contribution in [0.3, 0.4) is 0 Å². The molecule has 29 heavy (non-hydrogen) atoms. The summed E-state index contributed by atoms with van der Waals surface area (Å²) in [4.78, 5) is 19.6. The van der Waals surface area contributed by atoms with Crippen molar-refractivity contribution in [1.29, 1.82) is 0 Å². The quantitative estimate of drug-likeness (QED) is 0.721. The fourth-order valence-electron chi connectivity index (χ4n) is 4.23. The number of furan rings is 1. The van der Waals surface area contributed by atoms with Gasteiger partial charge in [-0.05, 0) is 51.3 Å². The lowest BCUT2D eigenvalue weighted by Crippen LogP contribution is -2.45. The predicted molar refractivity (Wildman–Crippen MR) is 114 cm³/mol. The minimum Gasteiger partial charge on any atom is -0.494 e. The number of pyridine rings is 1. The maximum absolute atomic E-state index is 12.6. The largest absolute Gasteiger partial charge is 0.494 e. The summed E-state index contributed by atoms with van der Waals surface area (Å²) in [6, 6.07) is 8.02. The molecule has 4 rings (SSSR count). The molecule has 3 heterocycles. The second-order valence-electron chi connectivity index (χ2n) is 7.71. The van der Waals surface area contributed by atoms with Crippen LogP contribution in [-0.4, -0.2) is 37.1 Å². The third kappa shape index (κ3) is 3.67. The number of hydrogen-bond donors (Lipinski definition) is 1. The molecule has 1 saturated heterocycles. The molecule has 6 nitrogen and oxygen atoms in total. The van der Waals surface area contributed by atoms with Crippen molar-refractivity contribution in [1.82, 2.24) is 10.3 Å². The van der Waals surface area contributed by atoms with Crippen molar-refractivity contribution in [2.75, 3.05) is 25.1 Å². The number of aromatic nitrogens is 1. The fraction of sp³-hybridized carbons (Fsp3) is 0.391. The molecule has 6 heteroatoms. The van der Waals surface area contributed by atoms with E-state index in [1.165, 1.54) is 5.69 Å². The fourth-order valence-corrected chi connectivity index (χ4v) is 4.23. The summed E-state index contributed by atoms with van der Waals surface area (Å²) in [5, 5.41) is 4.28. The Hall–Kier alpha value is -3.02. The first-order valence-electron chi connectivity index (χ1n) is 10.0. The minimum absolute atomic E-state index is 0.0481. The highest BCUT2D eigenvalue weighted by Crippen LogP contribution is 2.35. The van der Waals surface area contributed by atoms with E-state index in [1.54, 1.807) is 13.2 Å². The highest BCUT2D eigenvalue weighted by atomic mass is 16.5. The number of para-hydroxylation sites is 1. The molecule has 0 radical (unpaired) electrons. The van der Waals surface area contributed by atoms with Gasteiger partial charge in [0.05, 0.1) is 18.4 Å². The number of nitrogens with one attached hydrogen (secondary N) is 1. The molecule has 1 aliphatic rings. The Balaban J connectivity index is 1.49. The van der Waals surface area contributed by atoms with Gasteiger partial charge in [0.15, 0.2) is 0 Å². The molecule has 0 atom stereocenters. The number of carbonyl (C=O) groups excluding carboxylic acids is 1. The second kappa shape index (κ2) is 7.78. The van der Waals surface area contributed by atoms with Gasteiger partial charge in [0, 0.05) is 30.7 Å². The molecule has 0 saturated carbocycles. The molecule has 1 fully saturated rings. The average Bonchev–Trinajstić information content (AvgIpc) is 3.06. The first-order chi connectivity index (χ1) is 14.0. The Morgan fingerprint density at radius 1 is 1.24 bits per heavy atom. The maximum Gasteiger partial charge on any atom is 0.255 e. The van der Waals surface area contributed by atoms with E-state index in [2.05, 4.69) is 28.2 Å². The Morgan fingerprint density at radius 2 is 2.00 bits per heavy atom. The van der Waals surface area contributed by atoms with Gasteiger partial charge in [-0.3, -0.25) is 9.78 Å². The minimum atomic E-state index is -0.0481. The molecule has 0 spiro atoms. The number of nitrogens with zero attached hydrogens (tertiary/aromatic N) is 2. The van der Waals surface area contributed by atoms with Crippen LogP contribution in [-0.2, 0) is 0 Å². The average molecular weight is 393 g/mol. The zero-order chi connectivity index (χ0) is 20.5. The summed E-state index contributed by atoms with van der Waals surface area (Å²) in [5.74, 6) is 2.17. The molecular weight excluding hydrogens is 366 g/mol. The summed E-state index contributed by atoms with van der Waals surface area (Å²) in [5.41, 5.74) is 3.88. The Kier molecular flexibility index (Phi) is 5.18. The van der Waals surface area contributed by atoms with Crippen LogP contribution in [0.4, 0.5) is 5.69 Å². The number of ether oxygens (including phenoxy) is 1. The zero-order valence-electron chi connectivity index (χ0n) is 17.4. The van der Waals surface area contributed by atoms with E-state index in [1.807, 2.05) is 32.2 Å². The number of aryl methyl sites for hydroxylation is 3. The summed E-state index contributed by atoms with van der Waals surface area (Å²) < 4.78 is 11.0. The SMILES string of the molecule is COc1cccc2c(N3CCC(NC(=O)c4cc(C)oc4C)CC3)c(C)cnc12. The van der Waals surface area contributed by atoms with Gasteiger partial charge in [0.1, 0.15) is 22.8 Å².